The molecule has 0 spiro atoms. The van der Waals surface area contributed by atoms with Gasteiger partial charge in [0, 0.05) is 22.2 Å². The maximum atomic E-state index is 12.1. The number of benzene rings is 1. The Labute approximate surface area is 132 Å². The maximum absolute atomic E-state index is 12.1. The second-order valence-corrected chi connectivity index (χ2v) is 6.13. The number of rotatable bonds is 3. The summed E-state index contributed by atoms with van der Waals surface area (Å²) in [6.45, 7) is 6.60. The molecule has 0 bridgehead atoms. The number of carbonyl (C=O) groups excluding carboxylic acids is 2. The maximum Gasteiger partial charge on any atom is 0.311 e. The Morgan fingerprint density at radius 3 is 2.55 bits per heavy atom. The highest BCUT2D eigenvalue weighted by Gasteiger charge is 2.36. The van der Waals surface area contributed by atoms with Gasteiger partial charge in [-0.3, -0.25) is 9.59 Å². The molecule has 1 amide bonds. The van der Waals surface area contributed by atoms with Gasteiger partial charge in [-0.15, -0.1) is 0 Å². The zero-order chi connectivity index (χ0) is 14.9. The van der Waals surface area contributed by atoms with Crippen LogP contribution >= 0.6 is 22.6 Å². The van der Waals surface area contributed by atoms with E-state index in [4.69, 9.17) is 4.74 Å². The minimum atomic E-state index is -0.345. The van der Waals surface area contributed by atoms with Crippen LogP contribution in [0.1, 0.15) is 24.5 Å². The third-order valence-electron chi connectivity index (χ3n) is 3.48. The average Bonchev–Trinajstić information content (AvgIpc) is 2.78. The van der Waals surface area contributed by atoms with Crippen molar-refractivity contribution in [1.82, 2.24) is 0 Å². The predicted molar refractivity (Wildman–Crippen MR) is 85.7 cm³/mol. The molecule has 0 radical (unpaired) electrons. The van der Waals surface area contributed by atoms with Crippen molar-refractivity contribution >= 4 is 40.2 Å². The van der Waals surface area contributed by atoms with Gasteiger partial charge in [-0.25, -0.2) is 0 Å². The number of anilines is 1. The van der Waals surface area contributed by atoms with Gasteiger partial charge in [-0.1, -0.05) is 0 Å². The van der Waals surface area contributed by atoms with Crippen LogP contribution in [0.25, 0.3) is 0 Å². The molecule has 4 nitrogen and oxygen atoms in total. The minimum Gasteiger partial charge on any atom is -0.466 e. The molecule has 0 aromatic heterocycles. The van der Waals surface area contributed by atoms with Crippen molar-refractivity contribution in [1.29, 1.82) is 0 Å². The van der Waals surface area contributed by atoms with E-state index in [1.54, 1.807) is 11.8 Å². The van der Waals surface area contributed by atoms with E-state index in [0.29, 0.717) is 13.2 Å². The second-order valence-electron chi connectivity index (χ2n) is 5.05. The SMILES string of the molecule is CCOC(=O)[C@@H]1CC(=O)N(c2cc(C)c(I)c(C)c2)C1. The molecule has 1 aliphatic heterocycles. The van der Waals surface area contributed by atoms with Crippen molar-refractivity contribution < 1.29 is 14.3 Å². The zero-order valence-electron chi connectivity index (χ0n) is 11.9. The summed E-state index contributed by atoms with van der Waals surface area (Å²) in [6, 6.07) is 4.00. The Bertz CT molecular complexity index is 533. The lowest BCUT2D eigenvalue weighted by molar-refractivity contribution is -0.147. The van der Waals surface area contributed by atoms with Crippen molar-refractivity contribution in [3.05, 3.63) is 26.8 Å². The first kappa shape index (κ1) is 15.3. The quantitative estimate of drug-likeness (QED) is 0.592. The number of halogens is 1. The number of hydrogen-bond acceptors (Lipinski definition) is 3. The van der Waals surface area contributed by atoms with Gasteiger partial charge in [0.1, 0.15) is 0 Å². The van der Waals surface area contributed by atoms with Crippen LogP contribution in [-0.4, -0.2) is 25.0 Å². The van der Waals surface area contributed by atoms with Crippen molar-refractivity contribution in [2.45, 2.75) is 27.2 Å². The summed E-state index contributed by atoms with van der Waals surface area (Å²) in [5.41, 5.74) is 3.16. The van der Waals surface area contributed by atoms with Crippen molar-refractivity contribution in [2.75, 3.05) is 18.1 Å². The van der Waals surface area contributed by atoms with Gasteiger partial charge in [0.15, 0.2) is 0 Å². The van der Waals surface area contributed by atoms with Gasteiger partial charge < -0.3 is 9.64 Å². The van der Waals surface area contributed by atoms with Crippen LogP contribution < -0.4 is 4.90 Å². The van der Waals surface area contributed by atoms with Gasteiger partial charge in [0.2, 0.25) is 5.91 Å². The van der Waals surface area contributed by atoms with E-state index in [2.05, 4.69) is 22.6 Å². The van der Waals surface area contributed by atoms with Crippen LogP contribution in [0.2, 0.25) is 0 Å². The first-order valence-electron chi connectivity index (χ1n) is 6.67. The Morgan fingerprint density at radius 1 is 1.40 bits per heavy atom. The third-order valence-corrected chi connectivity index (χ3v) is 5.18. The fraction of sp³-hybridized carbons (Fsp3) is 0.467. The van der Waals surface area contributed by atoms with Crippen LogP contribution in [0.4, 0.5) is 5.69 Å². The van der Waals surface area contributed by atoms with Crippen molar-refractivity contribution in [3.63, 3.8) is 0 Å². The van der Waals surface area contributed by atoms with Gasteiger partial charge >= 0.3 is 5.97 Å². The van der Waals surface area contributed by atoms with E-state index >= 15 is 0 Å². The first-order valence-corrected chi connectivity index (χ1v) is 7.75. The van der Waals surface area contributed by atoms with Crippen LogP contribution in [0.15, 0.2) is 12.1 Å². The Morgan fingerprint density at radius 2 is 2.00 bits per heavy atom. The average molecular weight is 387 g/mol. The lowest BCUT2D eigenvalue weighted by Gasteiger charge is -2.18. The monoisotopic (exact) mass is 387 g/mol. The highest BCUT2D eigenvalue weighted by Crippen LogP contribution is 2.29. The summed E-state index contributed by atoms with van der Waals surface area (Å²) in [4.78, 5) is 25.6. The lowest BCUT2D eigenvalue weighted by Crippen LogP contribution is -2.26. The molecule has 0 N–H and O–H groups in total. The van der Waals surface area contributed by atoms with Gasteiger partial charge in [-0.2, -0.15) is 0 Å². The molecule has 1 saturated heterocycles. The summed E-state index contributed by atoms with van der Waals surface area (Å²) in [7, 11) is 0. The van der Waals surface area contributed by atoms with Crippen molar-refractivity contribution in [3.8, 4) is 0 Å². The molecular formula is C15H18INO3. The first-order chi connectivity index (χ1) is 9.43. The molecule has 20 heavy (non-hydrogen) atoms. The van der Waals surface area contributed by atoms with Crippen molar-refractivity contribution in [2.24, 2.45) is 5.92 Å². The van der Waals surface area contributed by atoms with Gasteiger partial charge in [0.05, 0.1) is 12.5 Å². The smallest absolute Gasteiger partial charge is 0.311 e. The molecule has 1 atom stereocenters. The third kappa shape index (κ3) is 2.97. The number of ether oxygens (including phenoxy) is 1. The molecular weight excluding hydrogens is 369 g/mol. The van der Waals surface area contributed by atoms with Crippen LogP contribution in [0, 0.1) is 23.3 Å². The van der Waals surface area contributed by atoms with E-state index < -0.39 is 0 Å². The number of amides is 1. The molecule has 1 aromatic carbocycles. The standard InChI is InChI=1S/C15H18INO3/c1-4-20-15(19)11-7-13(18)17(8-11)12-5-9(2)14(16)10(3)6-12/h5-6,11H,4,7-8H2,1-3H3/t11-/m1/s1. The minimum absolute atomic E-state index is 0.0111. The summed E-state index contributed by atoms with van der Waals surface area (Å²) in [5.74, 6) is -0.632. The van der Waals surface area contributed by atoms with Crippen LogP contribution in [-0.2, 0) is 14.3 Å². The van der Waals surface area contributed by atoms with E-state index in [-0.39, 0.29) is 24.2 Å². The largest absolute Gasteiger partial charge is 0.466 e. The molecule has 0 unspecified atom stereocenters. The van der Waals surface area contributed by atoms with E-state index in [1.165, 1.54) is 3.57 Å². The topological polar surface area (TPSA) is 46.6 Å². The molecule has 5 heteroatoms. The number of aryl methyl sites for hydroxylation is 2. The normalized spacial score (nSPS) is 18.5. The summed E-state index contributed by atoms with van der Waals surface area (Å²) in [6.07, 6.45) is 0.239. The molecule has 1 heterocycles. The Hall–Kier alpha value is -1.11. The van der Waals surface area contributed by atoms with E-state index in [9.17, 15) is 9.59 Å². The molecule has 1 aliphatic rings. The number of nitrogens with zero attached hydrogens (tertiary/aromatic N) is 1. The summed E-state index contributed by atoms with van der Waals surface area (Å²) >= 11 is 2.30. The molecule has 0 saturated carbocycles. The fourth-order valence-corrected chi connectivity index (χ4v) is 2.77. The predicted octanol–water partition coefficient (Wildman–Crippen LogP) is 2.82. The molecule has 1 aromatic rings. The lowest BCUT2D eigenvalue weighted by atomic mass is 10.1. The second kappa shape index (κ2) is 6.11. The number of carbonyl (C=O) groups is 2. The zero-order valence-corrected chi connectivity index (χ0v) is 14.1. The highest BCUT2D eigenvalue weighted by molar-refractivity contribution is 14.1. The summed E-state index contributed by atoms with van der Waals surface area (Å²) in [5, 5.41) is 0. The number of esters is 1. The summed E-state index contributed by atoms with van der Waals surface area (Å²) < 4.78 is 6.21. The Balaban J connectivity index is 2.22. The molecule has 2 rings (SSSR count). The van der Waals surface area contributed by atoms with E-state index in [0.717, 1.165) is 16.8 Å². The van der Waals surface area contributed by atoms with E-state index in [1.807, 2.05) is 26.0 Å². The fourth-order valence-electron chi connectivity index (χ4n) is 2.45. The molecule has 108 valence electrons. The molecule has 1 fully saturated rings. The highest BCUT2D eigenvalue weighted by atomic mass is 127. The van der Waals surface area contributed by atoms with Gasteiger partial charge in [0.25, 0.3) is 0 Å². The van der Waals surface area contributed by atoms with Crippen LogP contribution in [0.5, 0.6) is 0 Å². The van der Waals surface area contributed by atoms with Gasteiger partial charge in [-0.05, 0) is 66.6 Å². The van der Waals surface area contributed by atoms with Crippen LogP contribution in [0.3, 0.4) is 0 Å². The number of hydrogen-bond donors (Lipinski definition) is 0. The molecule has 0 aliphatic carbocycles. The Kier molecular flexibility index (Phi) is 4.67.